The first-order valence-corrected chi connectivity index (χ1v) is 12.2. The van der Waals surface area contributed by atoms with E-state index in [0.717, 1.165) is 48.9 Å². The second kappa shape index (κ2) is 10.4. The lowest BCUT2D eigenvalue weighted by Crippen LogP contribution is -2.14. The first kappa shape index (κ1) is 22.6. The molecule has 0 atom stereocenters. The zero-order valence-electron chi connectivity index (χ0n) is 19.2. The average Bonchev–Trinajstić information content (AvgIpc) is 3.27. The Morgan fingerprint density at radius 1 is 0.943 bits per heavy atom. The van der Waals surface area contributed by atoms with Crippen molar-refractivity contribution in [1.82, 2.24) is 15.2 Å². The SMILES string of the molecule is Cc1ccccc1CC(=O)Nc1cccc(Sc2ccc3c(/C=C/c4ccccn4)n[nH]c3c2)c1. The van der Waals surface area contributed by atoms with Gasteiger partial charge in [-0.2, -0.15) is 5.10 Å². The third kappa shape index (κ3) is 5.67. The van der Waals surface area contributed by atoms with E-state index in [4.69, 9.17) is 0 Å². The number of amides is 1. The topological polar surface area (TPSA) is 70.7 Å². The van der Waals surface area contributed by atoms with Crippen LogP contribution < -0.4 is 5.32 Å². The minimum Gasteiger partial charge on any atom is -0.326 e. The third-order valence-corrected chi connectivity index (χ3v) is 6.61. The van der Waals surface area contributed by atoms with E-state index < -0.39 is 0 Å². The number of benzene rings is 3. The van der Waals surface area contributed by atoms with Crippen LogP contribution in [0.25, 0.3) is 23.1 Å². The number of aromatic nitrogens is 3. The number of pyridine rings is 1. The molecule has 0 fully saturated rings. The molecule has 0 aliphatic rings. The van der Waals surface area contributed by atoms with E-state index in [1.54, 1.807) is 18.0 Å². The number of fused-ring (bicyclic) bond motifs is 1. The number of aryl methyl sites for hydroxylation is 1. The van der Waals surface area contributed by atoms with Gasteiger partial charge in [0.1, 0.15) is 0 Å². The minimum atomic E-state index is -0.0217. The summed E-state index contributed by atoms with van der Waals surface area (Å²) in [6.45, 7) is 2.02. The number of carbonyl (C=O) groups excluding carboxylic acids is 1. The number of hydrogen-bond acceptors (Lipinski definition) is 4. The third-order valence-electron chi connectivity index (χ3n) is 5.63. The van der Waals surface area contributed by atoms with Crippen molar-refractivity contribution in [2.45, 2.75) is 23.1 Å². The normalized spacial score (nSPS) is 11.2. The molecule has 0 bridgehead atoms. The van der Waals surface area contributed by atoms with Gasteiger partial charge in [0.05, 0.1) is 23.3 Å². The Balaban J connectivity index is 1.27. The number of carbonyl (C=O) groups is 1. The van der Waals surface area contributed by atoms with Gasteiger partial charge < -0.3 is 5.32 Å². The Morgan fingerprint density at radius 3 is 2.66 bits per heavy atom. The Morgan fingerprint density at radius 2 is 1.80 bits per heavy atom. The van der Waals surface area contributed by atoms with Crippen LogP contribution in [0.15, 0.2) is 101 Å². The smallest absolute Gasteiger partial charge is 0.228 e. The van der Waals surface area contributed by atoms with E-state index in [1.165, 1.54) is 0 Å². The molecule has 0 spiro atoms. The van der Waals surface area contributed by atoms with Crippen molar-refractivity contribution in [3.05, 3.63) is 114 Å². The van der Waals surface area contributed by atoms with Gasteiger partial charge in [0, 0.05) is 27.1 Å². The van der Waals surface area contributed by atoms with Gasteiger partial charge in [-0.05, 0) is 78.7 Å². The van der Waals surface area contributed by atoms with E-state index in [9.17, 15) is 4.79 Å². The molecular formula is C29H24N4OS. The number of hydrogen-bond donors (Lipinski definition) is 2. The lowest BCUT2D eigenvalue weighted by Gasteiger charge is -2.09. The molecule has 0 aliphatic carbocycles. The van der Waals surface area contributed by atoms with Crippen molar-refractivity contribution in [2.75, 3.05) is 5.32 Å². The number of rotatable bonds is 7. The quantitative estimate of drug-likeness (QED) is 0.272. The van der Waals surface area contributed by atoms with Gasteiger partial charge >= 0.3 is 0 Å². The fourth-order valence-electron chi connectivity index (χ4n) is 3.81. The molecule has 2 aromatic heterocycles. The standard InChI is InChI=1S/C29H24N4OS/c1-20-7-2-3-8-21(20)17-29(34)31-23-10-6-11-24(18-23)35-25-13-14-26-27(32-33-28(26)19-25)15-12-22-9-4-5-16-30-22/h2-16,18-19H,17H2,1H3,(H,31,34)(H,32,33)/b15-12+. The first-order chi connectivity index (χ1) is 17.1. The molecule has 0 saturated heterocycles. The molecule has 2 N–H and O–H groups in total. The minimum absolute atomic E-state index is 0.0217. The number of nitrogens with zero attached hydrogens (tertiary/aromatic N) is 2. The van der Waals surface area contributed by atoms with Crippen LogP contribution in [0.3, 0.4) is 0 Å². The number of H-pyrrole nitrogens is 1. The summed E-state index contributed by atoms with van der Waals surface area (Å²) in [5.74, 6) is -0.0217. The van der Waals surface area contributed by atoms with Crippen LogP contribution >= 0.6 is 11.8 Å². The number of anilines is 1. The molecule has 0 saturated carbocycles. The van der Waals surface area contributed by atoms with Crippen LogP contribution in [0.1, 0.15) is 22.5 Å². The lowest BCUT2D eigenvalue weighted by atomic mass is 10.1. The molecule has 1 amide bonds. The summed E-state index contributed by atoms with van der Waals surface area (Å²) in [6.07, 6.45) is 6.06. The van der Waals surface area contributed by atoms with Crippen molar-refractivity contribution >= 4 is 46.4 Å². The highest BCUT2D eigenvalue weighted by atomic mass is 32.2. The summed E-state index contributed by atoms with van der Waals surface area (Å²) in [7, 11) is 0. The Labute approximate surface area is 208 Å². The van der Waals surface area contributed by atoms with Crippen LogP contribution in [0.2, 0.25) is 0 Å². The Hall–Kier alpha value is -4.16. The van der Waals surface area contributed by atoms with E-state index in [2.05, 4.69) is 38.7 Å². The number of nitrogens with one attached hydrogen (secondary N) is 2. The molecule has 0 aliphatic heterocycles. The van der Waals surface area contributed by atoms with Gasteiger partial charge in [-0.25, -0.2) is 0 Å². The average molecular weight is 477 g/mol. The fourth-order valence-corrected chi connectivity index (χ4v) is 4.73. The lowest BCUT2D eigenvalue weighted by molar-refractivity contribution is -0.115. The molecule has 0 unspecified atom stereocenters. The molecule has 6 heteroatoms. The fraction of sp³-hybridized carbons (Fsp3) is 0.0690. The van der Waals surface area contributed by atoms with E-state index in [-0.39, 0.29) is 5.91 Å². The molecular weight excluding hydrogens is 452 g/mol. The monoisotopic (exact) mass is 476 g/mol. The van der Waals surface area contributed by atoms with Crippen molar-refractivity contribution in [3.63, 3.8) is 0 Å². The molecule has 3 aromatic carbocycles. The number of aromatic amines is 1. The van der Waals surface area contributed by atoms with Crippen molar-refractivity contribution in [2.24, 2.45) is 0 Å². The van der Waals surface area contributed by atoms with Gasteiger partial charge in [-0.1, -0.05) is 48.2 Å². The zero-order valence-corrected chi connectivity index (χ0v) is 20.0. The predicted molar refractivity (Wildman–Crippen MR) is 143 cm³/mol. The highest BCUT2D eigenvalue weighted by Gasteiger charge is 2.08. The largest absolute Gasteiger partial charge is 0.326 e. The maximum absolute atomic E-state index is 12.6. The van der Waals surface area contributed by atoms with Crippen LogP contribution in [0.4, 0.5) is 5.69 Å². The maximum Gasteiger partial charge on any atom is 0.228 e. The van der Waals surface area contributed by atoms with Gasteiger partial charge in [-0.3, -0.25) is 14.9 Å². The van der Waals surface area contributed by atoms with E-state index in [0.29, 0.717) is 6.42 Å². The summed E-state index contributed by atoms with van der Waals surface area (Å²) < 4.78 is 0. The Bertz CT molecular complexity index is 1510. The molecule has 5 aromatic rings. The Kier molecular flexibility index (Phi) is 6.73. The second-order valence-corrected chi connectivity index (χ2v) is 9.33. The molecule has 35 heavy (non-hydrogen) atoms. The first-order valence-electron chi connectivity index (χ1n) is 11.3. The van der Waals surface area contributed by atoms with Crippen LogP contribution in [-0.2, 0) is 11.2 Å². The van der Waals surface area contributed by atoms with Crippen LogP contribution in [-0.4, -0.2) is 21.1 Å². The highest BCUT2D eigenvalue weighted by molar-refractivity contribution is 7.99. The summed E-state index contributed by atoms with van der Waals surface area (Å²) in [5.41, 5.74) is 5.69. The highest BCUT2D eigenvalue weighted by Crippen LogP contribution is 2.32. The maximum atomic E-state index is 12.6. The van der Waals surface area contributed by atoms with Crippen LogP contribution in [0, 0.1) is 6.92 Å². The summed E-state index contributed by atoms with van der Waals surface area (Å²) in [4.78, 5) is 19.0. The molecule has 5 nitrogen and oxygen atoms in total. The molecule has 5 rings (SSSR count). The van der Waals surface area contributed by atoms with E-state index >= 15 is 0 Å². The van der Waals surface area contributed by atoms with Crippen molar-refractivity contribution < 1.29 is 4.79 Å². The van der Waals surface area contributed by atoms with Gasteiger partial charge in [0.15, 0.2) is 0 Å². The summed E-state index contributed by atoms with van der Waals surface area (Å²) in [6, 6.07) is 27.9. The molecule has 172 valence electrons. The van der Waals surface area contributed by atoms with Gasteiger partial charge in [0.2, 0.25) is 5.91 Å². The van der Waals surface area contributed by atoms with Crippen molar-refractivity contribution in [3.8, 4) is 0 Å². The van der Waals surface area contributed by atoms with Gasteiger partial charge in [-0.15, -0.1) is 0 Å². The van der Waals surface area contributed by atoms with Crippen molar-refractivity contribution in [1.29, 1.82) is 0 Å². The summed E-state index contributed by atoms with van der Waals surface area (Å²) >= 11 is 1.64. The molecule has 2 heterocycles. The zero-order chi connectivity index (χ0) is 24.0. The summed E-state index contributed by atoms with van der Waals surface area (Å²) in [5, 5.41) is 11.7. The van der Waals surface area contributed by atoms with Gasteiger partial charge in [0.25, 0.3) is 0 Å². The predicted octanol–water partition coefficient (Wildman–Crippen LogP) is 6.77. The molecule has 0 radical (unpaired) electrons. The van der Waals surface area contributed by atoms with E-state index in [1.807, 2.05) is 85.8 Å². The second-order valence-electron chi connectivity index (χ2n) is 8.19. The van der Waals surface area contributed by atoms with Crippen LogP contribution in [0.5, 0.6) is 0 Å².